The Hall–Kier alpha value is -2.34. The normalized spacial score (nSPS) is 22.9. The van der Waals surface area contributed by atoms with E-state index in [9.17, 15) is 9.59 Å². The van der Waals surface area contributed by atoms with E-state index in [1.807, 2.05) is 60.8 Å². The van der Waals surface area contributed by atoms with Gasteiger partial charge in [-0.1, -0.05) is 31.0 Å². The van der Waals surface area contributed by atoms with E-state index in [1.165, 1.54) is 0 Å². The molecule has 1 aromatic carbocycles. The maximum absolute atomic E-state index is 13.5. The number of carbonyl (C=O) groups excluding carboxylic acids is 2. The molecule has 150 valence electrons. The summed E-state index contributed by atoms with van der Waals surface area (Å²) in [5.74, 6) is -0.0942. The standard InChI is InChI=1S/C22H30N4O2/c1-22(21(28)23-17-9-5-6-10-17)15-25-18-11-7-4-8-16(18)14-19(25)20(27)26(22)13-12-24(2)3/h4,7-8,11,14,17H,5-6,9-10,12-13,15H2,1-3H3,(H,23,28). The first-order valence-electron chi connectivity index (χ1n) is 10.3. The van der Waals surface area contributed by atoms with Crippen LogP contribution in [0.1, 0.15) is 43.1 Å². The van der Waals surface area contributed by atoms with Crippen molar-refractivity contribution in [2.45, 2.75) is 50.7 Å². The largest absolute Gasteiger partial charge is 0.351 e. The number of para-hydroxylation sites is 1. The molecule has 1 fully saturated rings. The Morgan fingerprint density at radius 1 is 1.25 bits per heavy atom. The van der Waals surface area contributed by atoms with Gasteiger partial charge >= 0.3 is 0 Å². The lowest BCUT2D eigenvalue weighted by Gasteiger charge is -2.44. The minimum absolute atomic E-state index is 0.0325. The highest BCUT2D eigenvalue weighted by Crippen LogP contribution is 2.32. The SMILES string of the molecule is CN(C)CCN1C(=O)c2cc3ccccc3n2CC1(C)C(=O)NC1CCCC1. The van der Waals surface area contributed by atoms with E-state index in [0.29, 0.717) is 18.8 Å². The van der Waals surface area contributed by atoms with E-state index >= 15 is 0 Å². The Balaban J connectivity index is 1.72. The zero-order chi connectivity index (χ0) is 19.9. The lowest BCUT2D eigenvalue weighted by atomic mass is 9.94. The molecule has 1 atom stereocenters. The van der Waals surface area contributed by atoms with E-state index in [2.05, 4.69) is 5.32 Å². The van der Waals surface area contributed by atoms with Crippen molar-refractivity contribution in [3.63, 3.8) is 0 Å². The Kier molecular flexibility index (Phi) is 4.91. The van der Waals surface area contributed by atoms with Gasteiger partial charge in [-0.2, -0.15) is 0 Å². The number of benzene rings is 1. The highest BCUT2D eigenvalue weighted by molar-refractivity contribution is 6.03. The number of amides is 2. The highest BCUT2D eigenvalue weighted by atomic mass is 16.2. The van der Waals surface area contributed by atoms with Crippen molar-refractivity contribution in [3.05, 3.63) is 36.0 Å². The molecule has 1 aliphatic carbocycles. The van der Waals surface area contributed by atoms with Crippen molar-refractivity contribution in [1.82, 2.24) is 19.7 Å². The number of rotatable bonds is 5. The van der Waals surface area contributed by atoms with Gasteiger partial charge in [-0.15, -0.1) is 0 Å². The number of carbonyl (C=O) groups is 2. The van der Waals surface area contributed by atoms with Crippen molar-refractivity contribution in [1.29, 1.82) is 0 Å². The van der Waals surface area contributed by atoms with Crippen LogP contribution in [0, 0.1) is 0 Å². The number of hydrogen-bond acceptors (Lipinski definition) is 3. The van der Waals surface area contributed by atoms with Crippen LogP contribution in [-0.2, 0) is 11.3 Å². The minimum atomic E-state index is -0.898. The van der Waals surface area contributed by atoms with Crippen LogP contribution < -0.4 is 5.32 Å². The van der Waals surface area contributed by atoms with E-state index in [-0.39, 0.29) is 17.9 Å². The molecule has 1 aliphatic heterocycles. The first kappa shape index (κ1) is 19.0. The topological polar surface area (TPSA) is 57.6 Å². The average molecular weight is 383 g/mol. The molecule has 6 heteroatoms. The summed E-state index contributed by atoms with van der Waals surface area (Å²) in [7, 11) is 3.97. The molecule has 2 heterocycles. The lowest BCUT2D eigenvalue weighted by molar-refractivity contribution is -0.133. The van der Waals surface area contributed by atoms with Crippen LogP contribution in [-0.4, -0.2) is 64.9 Å². The van der Waals surface area contributed by atoms with Gasteiger partial charge in [0.25, 0.3) is 5.91 Å². The molecule has 1 saturated carbocycles. The molecule has 0 saturated heterocycles. The molecule has 2 amide bonds. The average Bonchev–Trinajstić information content (AvgIpc) is 3.29. The van der Waals surface area contributed by atoms with E-state index in [0.717, 1.165) is 43.1 Å². The van der Waals surface area contributed by atoms with Crippen LogP contribution in [0.5, 0.6) is 0 Å². The zero-order valence-corrected chi connectivity index (χ0v) is 17.1. The van der Waals surface area contributed by atoms with Crippen molar-refractivity contribution in [2.75, 3.05) is 27.2 Å². The van der Waals surface area contributed by atoms with Crippen molar-refractivity contribution < 1.29 is 9.59 Å². The van der Waals surface area contributed by atoms with E-state index < -0.39 is 5.54 Å². The number of hydrogen-bond donors (Lipinski definition) is 1. The molecule has 2 aliphatic rings. The Bertz CT molecular complexity index is 897. The zero-order valence-electron chi connectivity index (χ0n) is 17.1. The van der Waals surface area contributed by atoms with Gasteiger partial charge < -0.3 is 19.7 Å². The molecule has 6 nitrogen and oxygen atoms in total. The van der Waals surface area contributed by atoms with Gasteiger partial charge in [-0.25, -0.2) is 0 Å². The van der Waals surface area contributed by atoms with Crippen LogP contribution in [0.2, 0.25) is 0 Å². The number of aromatic nitrogens is 1. The summed E-state index contributed by atoms with van der Waals surface area (Å²) in [6, 6.07) is 10.2. The number of likely N-dealkylation sites (N-methyl/N-ethyl adjacent to an activating group) is 1. The van der Waals surface area contributed by atoms with Crippen molar-refractivity contribution >= 4 is 22.7 Å². The highest BCUT2D eigenvalue weighted by Gasteiger charge is 2.48. The summed E-state index contributed by atoms with van der Waals surface area (Å²) in [6.45, 7) is 3.65. The summed E-state index contributed by atoms with van der Waals surface area (Å²) in [5.41, 5.74) is 0.786. The molecule has 4 rings (SSSR count). The number of nitrogens with zero attached hydrogens (tertiary/aromatic N) is 3. The summed E-state index contributed by atoms with van der Waals surface area (Å²) < 4.78 is 2.03. The Labute approximate surface area is 166 Å². The second-order valence-electron chi connectivity index (χ2n) is 8.66. The smallest absolute Gasteiger partial charge is 0.271 e. The molecule has 1 unspecified atom stereocenters. The summed E-state index contributed by atoms with van der Waals surface area (Å²) in [6.07, 6.45) is 4.39. The number of fused-ring (bicyclic) bond motifs is 3. The first-order valence-corrected chi connectivity index (χ1v) is 10.3. The molecular formula is C22H30N4O2. The molecular weight excluding hydrogens is 352 g/mol. The van der Waals surface area contributed by atoms with E-state index in [4.69, 9.17) is 0 Å². The summed E-state index contributed by atoms with van der Waals surface area (Å²) >= 11 is 0. The van der Waals surface area contributed by atoms with Gasteiger partial charge in [0.15, 0.2) is 0 Å². The van der Waals surface area contributed by atoms with Gasteiger partial charge in [0, 0.05) is 30.0 Å². The fourth-order valence-electron chi connectivity index (χ4n) is 4.57. The Morgan fingerprint density at radius 2 is 1.96 bits per heavy atom. The van der Waals surface area contributed by atoms with Crippen LogP contribution >= 0.6 is 0 Å². The predicted molar refractivity (Wildman–Crippen MR) is 110 cm³/mol. The third kappa shape index (κ3) is 3.20. The van der Waals surface area contributed by atoms with Crippen molar-refractivity contribution in [3.8, 4) is 0 Å². The van der Waals surface area contributed by atoms with Crippen LogP contribution in [0.3, 0.4) is 0 Å². The van der Waals surface area contributed by atoms with Crippen LogP contribution in [0.4, 0.5) is 0 Å². The second-order valence-corrected chi connectivity index (χ2v) is 8.66. The molecule has 0 radical (unpaired) electrons. The van der Waals surface area contributed by atoms with Gasteiger partial charge in [0.05, 0.1) is 6.54 Å². The quantitative estimate of drug-likeness (QED) is 0.864. The lowest BCUT2D eigenvalue weighted by Crippen LogP contribution is -2.65. The molecule has 1 aromatic heterocycles. The molecule has 2 aromatic rings. The van der Waals surface area contributed by atoms with Gasteiger partial charge in [0.2, 0.25) is 5.91 Å². The fraction of sp³-hybridized carbons (Fsp3) is 0.545. The molecule has 0 spiro atoms. The van der Waals surface area contributed by atoms with Crippen LogP contribution in [0.15, 0.2) is 30.3 Å². The Morgan fingerprint density at radius 3 is 2.68 bits per heavy atom. The number of nitrogens with one attached hydrogen (secondary N) is 1. The molecule has 1 N–H and O–H groups in total. The van der Waals surface area contributed by atoms with E-state index in [1.54, 1.807) is 4.90 Å². The maximum atomic E-state index is 13.5. The third-order valence-electron chi connectivity index (χ3n) is 6.29. The van der Waals surface area contributed by atoms with Gasteiger partial charge in [0.1, 0.15) is 11.2 Å². The third-order valence-corrected chi connectivity index (χ3v) is 6.29. The van der Waals surface area contributed by atoms with Gasteiger partial charge in [-0.3, -0.25) is 9.59 Å². The fourth-order valence-corrected chi connectivity index (χ4v) is 4.57. The van der Waals surface area contributed by atoms with Crippen LogP contribution in [0.25, 0.3) is 10.9 Å². The summed E-state index contributed by atoms with van der Waals surface area (Å²) in [5, 5.41) is 4.28. The van der Waals surface area contributed by atoms with Crippen molar-refractivity contribution in [2.24, 2.45) is 0 Å². The second kappa shape index (κ2) is 7.24. The summed E-state index contributed by atoms with van der Waals surface area (Å²) in [4.78, 5) is 30.7. The minimum Gasteiger partial charge on any atom is -0.351 e. The predicted octanol–water partition coefficient (Wildman–Crippen LogP) is 2.48. The molecule has 28 heavy (non-hydrogen) atoms. The van der Waals surface area contributed by atoms with Gasteiger partial charge in [-0.05, 0) is 46.0 Å². The maximum Gasteiger partial charge on any atom is 0.271 e. The first-order chi connectivity index (χ1) is 13.4. The molecule has 0 bridgehead atoms. The monoisotopic (exact) mass is 382 g/mol.